The van der Waals surface area contributed by atoms with Gasteiger partial charge in [0.1, 0.15) is 5.69 Å². The van der Waals surface area contributed by atoms with Crippen LogP contribution >= 0.6 is 11.3 Å². The number of carbonyl (C=O) groups is 2. The molecule has 0 fully saturated rings. The van der Waals surface area contributed by atoms with Gasteiger partial charge in [-0.15, -0.1) is 11.3 Å². The van der Waals surface area contributed by atoms with Gasteiger partial charge in [0.2, 0.25) is 0 Å². The third-order valence-electron chi connectivity index (χ3n) is 2.90. The number of hydrogen-bond acceptors (Lipinski definition) is 4. The second kappa shape index (κ2) is 6.49. The Morgan fingerprint density at radius 2 is 1.90 bits per heavy atom. The van der Waals surface area contributed by atoms with Crippen molar-refractivity contribution < 1.29 is 14.7 Å². The van der Waals surface area contributed by atoms with Crippen LogP contribution in [0, 0.1) is 0 Å². The van der Waals surface area contributed by atoms with E-state index in [4.69, 9.17) is 0 Å². The molecular formula is C15H16N2O3S. The Hall–Kier alpha value is -2.21. The van der Waals surface area contributed by atoms with Crippen molar-refractivity contribution in [2.24, 2.45) is 0 Å². The zero-order chi connectivity index (χ0) is 15.4. The van der Waals surface area contributed by atoms with E-state index in [1.165, 1.54) is 11.3 Å². The highest BCUT2D eigenvalue weighted by molar-refractivity contribution is 7.09. The number of carboxylic acids is 1. The van der Waals surface area contributed by atoms with Gasteiger partial charge in [0, 0.05) is 11.3 Å². The van der Waals surface area contributed by atoms with Crippen LogP contribution in [0.1, 0.15) is 46.9 Å². The monoisotopic (exact) mass is 304 g/mol. The lowest BCUT2D eigenvalue weighted by molar-refractivity contribution is -0.139. The van der Waals surface area contributed by atoms with Crippen LogP contribution < -0.4 is 5.32 Å². The molecule has 1 amide bonds. The van der Waals surface area contributed by atoms with E-state index in [0.717, 1.165) is 5.01 Å². The molecule has 0 aliphatic heterocycles. The Morgan fingerprint density at radius 1 is 1.24 bits per heavy atom. The molecule has 0 aliphatic carbocycles. The number of benzene rings is 1. The maximum Gasteiger partial charge on any atom is 0.330 e. The molecule has 2 aromatic rings. The Labute approximate surface area is 126 Å². The number of aromatic nitrogens is 1. The van der Waals surface area contributed by atoms with Gasteiger partial charge >= 0.3 is 5.97 Å². The Kier molecular flexibility index (Phi) is 4.70. The summed E-state index contributed by atoms with van der Waals surface area (Å²) in [5, 5.41) is 14.3. The van der Waals surface area contributed by atoms with E-state index in [9.17, 15) is 14.7 Å². The zero-order valence-corrected chi connectivity index (χ0v) is 12.6. The van der Waals surface area contributed by atoms with Gasteiger partial charge in [0.05, 0.1) is 5.01 Å². The number of thiazole rings is 1. The number of hydrogen-bond donors (Lipinski definition) is 2. The summed E-state index contributed by atoms with van der Waals surface area (Å²) >= 11 is 1.40. The minimum absolute atomic E-state index is 0.237. The molecule has 0 saturated carbocycles. The highest BCUT2D eigenvalue weighted by atomic mass is 32.1. The standard InChI is InChI=1S/C15H16N2O3S/c1-9(2)14-16-11(8-21-14)13(18)17-12(15(19)20)10-6-4-3-5-7-10/h3-9,12H,1-2H3,(H,17,18)(H,19,20)/t12-/m0/s1. The number of aliphatic carboxylic acids is 1. The lowest BCUT2D eigenvalue weighted by atomic mass is 10.1. The molecule has 110 valence electrons. The summed E-state index contributed by atoms with van der Waals surface area (Å²) in [4.78, 5) is 27.7. The molecule has 0 aliphatic rings. The topological polar surface area (TPSA) is 79.3 Å². The summed E-state index contributed by atoms with van der Waals surface area (Å²) in [6.45, 7) is 3.98. The minimum Gasteiger partial charge on any atom is -0.479 e. The molecule has 1 atom stereocenters. The zero-order valence-electron chi connectivity index (χ0n) is 11.7. The van der Waals surface area contributed by atoms with Gasteiger partial charge in [-0.1, -0.05) is 44.2 Å². The molecule has 21 heavy (non-hydrogen) atoms. The Morgan fingerprint density at radius 3 is 2.43 bits per heavy atom. The van der Waals surface area contributed by atoms with Crippen molar-refractivity contribution in [2.45, 2.75) is 25.8 Å². The molecule has 1 heterocycles. The summed E-state index contributed by atoms with van der Waals surface area (Å²) in [7, 11) is 0. The fraction of sp³-hybridized carbons (Fsp3) is 0.267. The Bertz CT molecular complexity index is 637. The molecule has 2 rings (SSSR count). The van der Waals surface area contributed by atoms with Crippen molar-refractivity contribution >= 4 is 23.2 Å². The maximum absolute atomic E-state index is 12.1. The molecular weight excluding hydrogens is 288 g/mol. The minimum atomic E-state index is -1.10. The van der Waals surface area contributed by atoms with Crippen LogP contribution in [0.4, 0.5) is 0 Å². The summed E-state index contributed by atoms with van der Waals surface area (Å²) in [6, 6.07) is 7.51. The fourth-order valence-corrected chi connectivity index (χ4v) is 2.61. The maximum atomic E-state index is 12.1. The number of amides is 1. The first-order valence-electron chi connectivity index (χ1n) is 6.53. The van der Waals surface area contributed by atoms with Crippen LogP contribution in [0.15, 0.2) is 35.7 Å². The smallest absolute Gasteiger partial charge is 0.330 e. The van der Waals surface area contributed by atoms with E-state index in [2.05, 4.69) is 10.3 Å². The highest BCUT2D eigenvalue weighted by Crippen LogP contribution is 2.20. The molecule has 0 spiro atoms. The van der Waals surface area contributed by atoms with E-state index < -0.39 is 17.9 Å². The predicted molar refractivity (Wildman–Crippen MR) is 80.5 cm³/mol. The van der Waals surface area contributed by atoms with E-state index >= 15 is 0 Å². The first-order valence-corrected chi connectivity index (χ1v) is 7.41. The summed E-state index contributed by atoms with van der Waals surface area (Å²) in [5.41, 5.74) is 0.781. The van der Waals surface area contributed by atoms with Crippen molar-refractivity contribution in [1.29, 1.82) is 0 Å². The van der Waals surface area contributed by atoms with Gasteiger partial charge in [0.15, 0.2) is 6.04 Å². The van der Waals surface area contributed by atoms with Gasteiger partial charge in [-0.05, 0) is 5.56 Å². The molecule has 0 bridgehead atoms. The average molecular weight is 304 g/mol. The van der Waals surface area contributed by atoms with E-state index in [1.54, 1.807) is 35.7 Å². The highest BCUT2D eigenvalue weighted by Gasteiger charge is 2.23. The molecule has 6 heteroatoms. The number of carbonyl (C=O) groups excluding carboxylic acids is 1. The molecule has 0 radical (unpaired) electrons. The van der Waals surface area contributed by atoms with Gasteiger partial charge in [0.25, 0.3) is 5.91 Å². The number of nitrogens with one attached hydrogen (secondary N) is 1. The molecule has 1 aromatic heterocycles. The largest absolute Gasteiger partial charge is 0.479 e. The first-order chi connectivity index (χ1) is 9.99. The summed E-state index contributed by atoms with van der Waals surface area (Å²) in [6.07, 6.45) is 0. The van der Waals surface area contributed by atoms with Gasteiger partial charge in [-0.25, -0.2) is 9.78 Å². The molecule has 5 nitrogen and oxygen atoms in total. The van der Waals surface area contributed by atoms with Crippen LogP contribution in [0.5, 0.6) is 0 Å². The summed E-state index contributed by atoms with van der Waals surface area (Å²) in [5.74, 6) is -1.34. The van der Waals surface area contributed by atoms with Crippen molar-refractivity contribution in [3.05, 3.63) is 52.0 Å². The first kappa shape index (κ1) is 15.2. The number of rotatable bonds is 5. The lowest BCUT2D eigenvalue weighted by Gasteiger charge is -2.13. The SMILES string of the molecule is CC(C)c1nc(C(=O)N[C@H](C(=O)O)c2ccccc2)cs1. The normalized spacial score (nSPS) is 12.1. The van der Waals surface area contributed by atoms with Crippen LogP contribution in [-0.2, 0) is 4.79 Å². The van der Waals surface area contributed by atoms with E-state index in [0.29, 0.717) is 5.56 Å². The molecule has 1 aromatic carbocycles. The third-order valence-corrected chi connectivity index (χ3v) is 4.05. The van der Waals surface area contributed by atoms with Crippen LogP contribution in [0.3, 0.4) is 0 Å². The van der Waals surface area contributed by atoms with Gasteiger partial charge in [-0.2, -0.15) is 0 Å². The molecule has 0 saturated heterocycles. The van der Waals surface area contributed by atoms with Crippen LogP contribution in [0.2, 0.25) is 0 Å². The summed E-state index contributed by atoms with van der Waals surface area (Å²) < 4.78 is 0. The van der Waals surface area contributed by atoms with Crippen molar-refractivity contribution in [3.63, 3.8) is 0 Å². The quantitative estimate of drug-likeness (QED) is 0.890. The van der Waals surface area contributed by atoms with Crippen molar-refractivity contribution in [3.8, 4) is 0 Å². The van der Waals surface area contributed by atoms with Crippen LogP contribution in [0.25, 0.3) is 0 Å². The second-order valence-corrected chi connectivity index (χ2v) is 5.77. The molecule has 2 N–H and O–H groups in total. The average Bonchev–Trinajstić information content (AvgIpc) is 2.95. The second-order valence-electron chi connectivity index (χ2n) is 4.88. The van der Waals surface area contributed by atoms with Crippen molar-refractivity contribution in [1.82, 2.24) is 10.3 Å². The predicted octanol–water partition coefficient (Wildman–Crippen LogP) is 2.82. The van der Waals surface area contributed by atoms with Crippen LogP contribution in [-0.4, -0.2) is 22.0 Å². The Balaban J connectivity index is 2.17. The fourth-order valence-electron chi connectivity index (χ4n) is 1.80. The van der Waals surface area contributed by atoms with E-state index in [-0.39, 0.29) is 11.6 Å². The van der Waals surface area contributed by atoms with Crippen molar-refractivity contribution in [2.75, 3.05) is 0 Å². The number of carboxylic acid groups (broad SMARTS) is 1. The third kappa shape index (κ3) is 3.66. The van der Waals surface area contributed by atoms with E-state index in [1.807, 2.05) is 13.8 Å². The lowest BCUT2D eigenvalue weighted by Crippen LogP contribution is -2.33. The molecule has 0 unspecified atom stereocenters. The number of nitrogens with zero attached hydrogens (tertiary/aromatic N) is 1. The van der Waals surface area contributed by atoms with Gasteiger partial charge < -0.3 is 10.4 Å². The van der Waals surface area contributed by atoms with Gasteiger partial charge in [-0.3, -0.25) is 4.79 Å².